The number of sulfonamides is 1. The van der Waals surface area contributed by atoms with Gasteiger partial charge in [-0.05, 0) is 47.3 Å². The van der Waals surface area contributed by atoms with Crippen molar-refractivity contribution in [2.75, 3.05) is 14.9 Å². The van der Waals surface area contributed by atoms with Crippen LogP contribution in [0.2, 0.25) is 0 Å². The van der Waals surface area contributed by atoms with E-state index in [2.05, 4.69) is 26.0 Å². The van der Waals surface area contributed by atoms with Gasteiger partial charge >= 0.3 is 0 Å². The number of benzene rings is 4. The number of rotatable bonds is 5. The Kier molecular flexibility index (Phi) is 6.04. The van der Waals surface area contributed by atoms with Crippen molar-refractivity contribution >= 4 is 71.3 Å². The lowest BCUT2D eigenvalue weighted by Gasteiger charge is -2.23. The van der Waals surface area contributed by atoms with Gasteiger partial charge in [0.25, 0.3) is 0 Å². The number of carbonyl (C=O) groups is 2. The van der Waals surface area contributed by atoms with E-state index in [1.165, 1.54) is 4.90 Å². The van der Waals surface area contributed by atoms with Gasteiger partial charge in [-0.2, -0.15) is 0 Å². The van der Waals surface area contributed by atoms with E-state index >= 15 is 0 Å². The van der Waals surface area contributed by atoms with Gasteiger partial charge in [0, 0.05) is 21.2 Å². The van der Waals surface area contributed by atoms with Crippen LogP contribution in [0.3, 0.4) is 0 Å². The molecule has 0 saturated carbocycles. The molecule has 35 heavy (non-hydrogen) atoms. The molecule has 9 heteroatoms. The van der Waals surface area contributed by atoms with E-state index in [1.807, 2.05) is 36.4 Å². The van der Waals surface area contributed by atoms with Gasteiger partial charge in [0.05, 0.1) is 17.1 Å². The highest BCUT2D eigenvalue weighted by atomic mass is 79.9. The first-order valence-corrected chi connectivity index (χ1v) is 13.2. The summed E-state index contributed by atoms with van der Waals surface area (Å²) in [6.45, 7) is 0. The Hall–Kier alpha value is -3.69. The normalized spacial score (nSPS) is 13.8. The van der Waals surface area contributed by atoms with E-state index in [-0.39, 0.29) is 24.0 Å². The van der Waals surface area contributed by atoms with Crippen molar-refractivity contribution in [3.05, 3.63) is 95.0 Å². The average molecular weight is 550 g/mol. The fourth-order valence-electron chi connectivity index (χ4n) is 4.11. The maximum Gasteiger partial charge on any atom is 0.241 e. The van der Waals surface area contributed by atoms with Gasteiger partial charge in [0.2, 0.25) is 21.8 Å². The summed E-state index contributed by atoms with van der Waals surface area (Å²) < 4.78 is 28.7. The highest BCUT2D eigenvalue weighted by Crippen LogP contribution is 2.40. The quantitative estimate of drug-likeness (QED) is 0.319. The van der Waals surface area contributed by atoms with E-state index < -0.39 is 10.0 Å². The van der Waals surface area contributed by atoms with Crippen molar-refractivity contribution in [1.82, 2.24) is 0 Å². The predicted molar refractivity (Wildman–Crippen MR) is 141 cm³/mol. The molecule has 0 atom stereocenters. The van der Waals surface area contributed by atoms with Crippen LogP contribution in [0, 0.1) is 0 Å². The van der Waals surface area contributed by atoms with Gasteiger partial charge in [-0.15, -0.1) is 0 Å². The number of halogens is 1. The van der Waals surface area contributed by atoms with Gasteiger partial charge in [-0.25, -0.2) is 8.42 Å². The molecule has 0 fully saturated rings. The minimum absolute atomic E-state index is 0.185. The van der Waals surface area contributed by atoms with Crippen LogP contribution in [-0.4, -0.2) is 20.2 Å². The van der Waals surface area contributed by atoms with Crippen molar-refractivity contribution in [3.8, 4) is 0 Å². The second-order valence-corrected chi connectivity index (χ2v) is 10.7. The van der Waals surface area contributed by atoms with Crippen molar-refractivity contribution in [3.63, 3.8) is 0 Å². The molecule has 4 aromatic carbocycles. The maximum atomic E-state index is 13.0. The summed E-state index contributed by atoms with van der Waals surface area (Å²) in [6, 6.07) is 25.0. The summed E-state index contributed by atoms with van der Waals surface area (Å²) in [4.78, 5) is 26.9. The predicted octanol–water partition coefficient (Wildman–Crippen LogP) is 5.55. The van der Waals surface area contributed by atoms with Crippen molar-refractivity contribution in [1.29, 1.82) is 0 Å². The number of nitrogens with one attached hydrogen (secondary N) is 2. The first kappa shape index (κ1) is 23.1. The molecule has 0 aromatic heterocycles. The minimum Gasteiger partial charge on any atom is -0.323 e. The largest absolute Gasteiger partial charge is 0.323 e. The van der Waals surface area contributed by atoms with Crippen LogP contribution in [-0.2, 0) is 25.4 Å². The highest BCUT2D eigenvalue weighted by molar-refractivity contribution is 9.10. The second kappa shape index (κ2) is 9.16. The number of hydrogen-bond acceptors (Lipinski definition) is 4. The fraction of sp³-hybridized carbons (Fsp3) is 0.0769. The molecule has 1 heterocycles. The lowest BCUT2D eigenvalue weighted by atomic mass is 10.1. The molecule has 0 aliphatic carbocycles. The molecule has 7 nitrogen and oxygen atoms in total. The van der Waals surface area contributed by atoms with E-state index in [0.29, 0.717) is 28.3 Å². The minimum atomic E-state index is -3.66. The Morgan fingerprint density at radius 1 is 0.886 bits per heavy atom. The standard InChI is InChI=1S/C26H20BrN3O4S/c27-22-8-4-2-6-18(22)16-35(33,34)29-19-10-12-20(13-11-19)30-23-14-9-17-5-1-3-7-21(17)26(23)28-24(31)15-25(30)32/h1-14,29H,15-16H2,(H,28,31). The third kappa shape index (κ3) is 4.78. The summed E-state index contributed by atoms with van der Waals surface area (Å²) in [6.07, 6.45) is -0.302. The average Bonchev–Trinajstić information content (AvgIpc) is 2.95. The Labute approximate surface area is 210 Å². The zero-order valence-electron chi connectivity index (χ0n) is 18.4. The van der Waals surface area contributed by atoms with Crippen LogP contribution < -0.4 is 14.9 Å². The molecule has 0 bridgehead atoms. The number of nitrogens with zero attached hydrogens (tertiary/aromatic N) is 1. The number of amides is 2. The molecule has 1 aliphatic rings. The third-order valence-electron chi connectivity index (χ3n) is 5.68. The lowest BCUT2D eigenvalue weighted by Crippen LogP contribution is -2.26. The van der Waals surface area contributed by atoms with E-state index in [9.17, 15) is 18.0 Å². The summed E-state index contributed by atoms with van der Waals surface area (Å²) in [5.74, 6) is -0.944. The lowest BCUT2D eigenvalue weighted by molar-refractivity contribution is -0.124. The van der Waals surface area contributed by atoms with Crippen LogP contribution in [0.25, 0.3) is 10.8 Å². The molecule has 0 unspecified atom stereocenters. The van der Waals surface area contributed by atoms with Crippen LogP contribution in [0.15, 0.2) is 89.4 Å². The number of anilines is 4. The Bertz CT molecular complexity index is 1570. The van der Waals surface area contributed by atoms with Crippen LogP contribution in [0.4, 0.5) is 22.7 Å². The first-order valence-electron chi connectivity index (χ1n) is 10.8. The Morgan fingerprint density at radius 3 is 2.37 bits per heavy atom. The highest BCUT2D eigenvalue weighted by Gasteiger charge is 2.28. The van der Waals surface area contributed by atoms with Crippen molar-refractivity contribution in [2.45, 2.75) is 12.2 Å². The molecule has 4 aromatic rings. The molecule has 0 spiro atoms. The Balaban J connectivity index is 1.46. The maximum absolute atomic E-state index is 13.0. The van der Waals surface area contributed by atoms with Gasteiger partial charge < -0.3 is 5.32 Å². The number of hydrogen-bond donors (Lipinski definition) is 2. The summed E-state index contributed by atoms with van der Waals surface area (Å²) >= 11 is 3.37. The van der Waals surface area contributed by atoms with Gasteiger partial charge in [0.15, 0.2) is 0 Å². The number of carbonyl (C=O) groups excluding carboxylic acids is 2. The van der Waals surface area contributed by atoms with Crippen molar-refractivity contribution in [2.24, 2.45) is 0 Å². The Morgan fingerprint density at radius 2 is 1.60 bits per heavy atom. The number of fused-ring (bicyclic) bond motifs is 3. The van der Waals surface area contributed by atoms with Gasteiger partial charge in [0.1, 0.15) is 6.42 Å². The fourth-order valence-corrected chi connectivity index (χ4v) is 5.95. The van der Waals surface area contributed by atoms with Crippen molar-refractivity contribution < 1.29 is 18.0 Å². The first-order chi connectivity index (χ1) is 16.8. The summed E-state index contributed by atoms with van der Waals surface area (Å²) in [7, 11) is -3.66. The summed E-state index contributed by atoms with van der Waals surface area (Å²) in [5.41, 5.74) is 2.67. The second-order valence-electron chi connectivity index (χ2n) is 8.13. The smallest absolute Gasteiger partial charge is 0.241 e. The third-order valence-corrected chi connectivity index (χ3v) is 7.69. The van der Waals surface area contributed by atoms with Crippen LogP contribution in [0.5, 0.6) is 0 Å². The zero-order chi connectivity index (χ0) is 24.6. The zero-order valence-corrected chi connectivity index (χ0v) is 20.8. The molecule has 1 aliphatic heterocycles. The summed E-state index contributed by atoms with van der Waals surface area (Å²) in [5, 5.41) is 4.64. The molecule has 176 valence electrons. The molecule has 0 saturated heterocycles. The molecular formula is C26H20BrN3O4S. The van der Waals surface area contributed by atoms with Crippen LogP contribution in [0.1, 0.15) is 12.0 Å². The molecule has 0 radical (unpaired) electrons. The SMILES string of the molecule is O=C1CC(=O)N(c2ccc(NS(=O)(=O)Cc3ccccc3Br)cc2)c2ccc3ccccc3c2N1. The van der Waals surface area contributed by atoms with Gasteiger partial charge in [-0.1, -0.05) is 64.5 Å². The van der Waals surface area contributed by atoms with E-state index in [4.69, 9.17) is 0 Å². The monoisotopic (exact) mass is 549 g/mol. The van der Waals surface area contributed by atoms with E-state index in [1.54, 1.807) is 48.5 Å². The van der Waals surface area contributed by atoms with Gasteiger partial charge in [-0.3, -0.25) is 19.2 Å². The van der Waals surface area contributed by atoms with E-state index in [0.717, 1.165) is 15.2 Å². The molecule has 2 amide bonds. The molecular weight excluding hydrogens is 530 g/mol. The molecule has 2 N–H and O–H groups in total. The molecule has 5 rings (SSSR count). The van der Waals surface area contributed by atoms with Crippen LogP contribution >= 0.6 is 15.9 Å². The topological polar surface area (TPSA) is 95.6 Å².